The second-order valence-electron chi connectivity index (χ2n) is 6.50. The number of fused-ring (bicyclic) bond motifs is 1. The molecule has 7 nitrogen and oxygen atoms in total. The van der Waals surface area contributed by atoms with Crippen molar-refractivity contribution in [3.63, 3.8) is 0 Å². The normalized spacial score (nSPS) is 14.7. The predicted molar refractivity (Wildman–Crippen MR) is 96.9 cm³/mol. The van der Waals surface area contributed by atoms with E-state index in [0.29, 0.717) is 5.82 Å². The van der Waals surface area contributed by atoms with Crippen LogP contribution in [0.4, 0.5) is 4.79 Å². The molecule has 1 aromatic heterocycles. The van der Waals surface area contributed by atoms with Gasteiger partial charge in [0.05, 0.1) is 11.7 Å². The van der Waals surface area contributed by atoms with E-state index in [1.165, 1.54) is 11.1 Å². The van der Waals surface area contributed by atoms with E-state index < -0.39 is 0 Å². The number of para-hydroxylation sites is 1. The van der Waals surface area contributed by atoms with Crippen molar-refractivity contribution < 1.29 is 4.79 Å². The fourth-order valence-corrected chi connectivity index (χ4v) is 3.37. The molecule has 0 bridgehead atoms. The predicted octanol–water partition coefficient (Wildman–Crippen LogP) is 2.19. The number of urea groups is 1. The minimum atomic E-state index is -0.325. The molecule has 0 spiro atoms. The van der Waals surface area contributed by atoms with Crippen LogP contribution in [0.25, 0.3) is 5.69 Å². The molecular formula is C19H20N6O. The van der Waals surface area contributed by atoms with Gasteiger partial charge in [0.1, 0.15) is 0 Å². The maximum Gasteiger partial charge on any atom is 0.315 e. The molecule has 0 aliphatic heterocycles. The van der Waals surface area contributed by atoms with Crippen LogP contribution in [0.2, 0.25) is 0 Å². The number of carbonyl (C=O) groups is 1. The molecule has 2 N–H and O–H groups in total. The zero-order valence-corrected chi connectivity index (χ0v) is 14.5. The van der Waals surface area contributed by atoms with Gasteiger partial charge in [-0.2, -0.15) is 4.68 Å². The molecule has 1 heterocycles. The molecule has 2 aromatic carbocycles. The maximum atomic E-state index is 12.4. The Kier molecular flexibility index (Phi) is 4.35. The van der Waals surface area contributed by atoms with Gasteiger partial charge in [0, 0.05) is 6.04 Å². The van der Waals surface area contributed by atoms with Crippen LogP contribution < -0.4 is 10.6 Å². The minimum Gasteiger partial charge on any atom is -0.335 e. The van der Waals surface area contributed by atoms with E-state index in [9.17, 15) is 4.79 Å². The lowest BCUT2D eigenvalue weighted by molar-refractivity contribution is 0.233. The standard InChI is InChI=1S/C19H20N6O/c1-13(18-22-23-24-25(18)17-9-3-2-4-10-17)20-19(26)21-16-11-14-7-5-6-8-15(14)12-16/h2-10,13,16H,11-12H2,1H3,(H2,20,21,26)/t13-/m1/s1. The Hall–Kier alpha value is -3.22. The van der Waals surface area contributed by atoms with Gasteiger partial charge in [-0.05, 0) is 53.5 Å². The molecule has 0 radical (unpaired) electrons. The molecule has 26 heavy (non-hydrogen) atoms. The van der Waals surface area contributed by atoms with E-state index in [0.717, 1.165) is 18.5 Å². The van der Waals surface area contributed by atoms with Gasteiger partial charge in [0.25, 0.3) is 0 Å². The molecular weight excluding hydrogens is 328 g/mol. The fraction of sp³-hybridized carbons (Fsp3) is 0.263. The molecule has 132 valence electrons. The molecule has 3 aromatic rings. The summed E-state index contributed by atoms with van der Waals surface area (Å²) in [5, 5.41) is 17.8. The van der Waals surface area contributed by atoms with Gasteiger partial charge < -0.3 is 10.6 Å². The van der Waals surface area contributed by atoms with Crippen molar-refractivity contribution in [1.82, 2.24) is 30.8 Å². The summed E-state index contributed by atoms with van der Waals surface area (Å²) < 4.78 is 1.64. The van der Waals surface area contributed by atoms with Crippen molar-refractivity contribution in [2.24, 2.45) is 0 Å². The lowest BCUT2D eigenvalue weighted by Gasteiger charge is -2.17. The third kappa shape index (κ3) is 3.28. The third-order valence-electron chi connectivity index (χ3n) is 4.62. The second-order valence-corrected chi connectivity index (χ2v) is 6.50. The van der Waals surface area contributed by atoms with Crippen molar-refractivity contribution >= 4 is 6.03 Å². The molecule has 2 amide bonds. The number of nitrogens with one attached hydrogen (secondary N) is 2. The molecule has 0 unspecified atom stereocenters. The Morgan fingerprint density at radius 1 is 1.08 bits per heavy atom. The van der Waals surface area contributed by atoms with Crippen molar-refractivity contribution in [2.75, 3.05) is 0 Å². The van der Waals surface area contributed by atoms with Crippen LogP contribution in [0.3, 0.4) is 0 Å². The molecule has 0 saturated carbocycles. The monoisotopic (exact) mass is 348 g/mol. The first-order valence-electron chi connectivity index (χ1n) is 8.68. The molecule has 1 atom stereocenters. The number of hydrogen-bond donors (Lipinski definition) is 2. The Labute approximate surface area is 151 Å². The summed E-state index contributed by atoms with van der Waals surface area (Å²) in [6.07, 6.45) is 1.72. The van der Waals surface area contributed by atoms with Crippen LogP contribution in [0.15, 0.2) is 54.6 Å². The van der Waals surface area contributed by atoms with Gasteiger partial charge >= 0.3 is 6.03 Å². The number of carbonyl (C=O) groups excluding carboxylic acids is 1. The average Bonchev–Trinajstić information content (AvgIpc) is 3.28. The van der Waals surface area contributed by atoms with E-state index >= 15 is 0 Å². The van der Waals surface area contributed by atoms with E-state index in [1.807, 2.05) is 49.4 Å². The summed E-state index contributed by atoms with van der Waals surface area (Å²) in [6, 6.07) is 17.5. The number of benzene rings is 2. The first-order valence-corrected chi connectivity index (χ1v) is 8.68. The van der Waals surface area contributed by atoms with Crippen molar-refractivity contribution in [2.45, 2.75) is 31.8 Å². The summed E-state index contributed by atoms with van der Waals surface area (Å²) in [7, 11) is 0. The van der Waals surface area contributed by atoms with Gasteiger partial charge in [-0.25, -0.2) is 4.79 Å². The Bertz CT molecular complexity index is 882. The van der Waals surface area contributed by atoms with Gasteiger partial charge in [-0.15, -0.1) is 5.10 Å². The number of hydrogen-bond acceptors (Lipinski definition) is 4. The summed E-state index contributed by atoms with van der Waals surface area (Å²) in [4.78, 5) is 12.4. The Balaban J connectivity index is 1.39. The highest BCUT2D eigenvalue weighted by atomic mass is 16.2. The summed E-state index contributed by atoms with van der Waals surface area (Å²) in [6.45, 7) is 1.87. The van der Waals surface area contributed by atoms with Gasteiger partial charge in [-0.3, -0.25) is 0 Å². The van der Waals surface area contributed by atoms with Crippen molar-refractivity contribution in [1.29, 1.82) is 0 Å². The summed E-state index contributed by atoms with van der Waals surface area (Å²) in [5.74, 6) is 0.584. The van der Waals surface area contributed by atoms with Crippen LogP contribution in [0.1, 0.15) is 29.9 Å². The SMILES string of the molecule is C[C@@H](NC(=O)NC1Cc2ccccc2C1)c1nnnn1-c1ccccc1. The maximum absolute atomic E-state index is 12.4. The average molecular weight is 348 g/mol. The highest BCUT2D eigenvalue weighted by Crippen LogP contribution is 2.21. The smallest absolute Gasteiger partial charge is 0.315 e. The highest BCUT2D eigenvalue weighted by molar-refractivity contribution is 5.75. The number of amides is 2. The molecule has 1 aliphatic carbocycles. The van der Waals surface area contributed by atoms with Crippen LogP contribution in [0, 0.1) is 0 Å². The van der Waals surface area contributed by atoms with Crippen molar-refractivity contribution in [3.8, 4) is 5.69 Å². The van der Waals surface area contributed by atoms with E-state index in [1.54, 1.807) is 4.68 Å². The number of nitrogens with zero attached hydrogens (tertiary/aromatic N) is 4. The van der Waals surface area contributed by atoms with E-state index in [2.05, 4.69) is 38.3 Å². The minimum absolute atomic E-state index is 0.115. The zero-order chi connectivity index (χ0) is 17.9. The molecule has 0 saturated heterocycles. The van der Waals surface area contributed by atoms with Gasteiger partial charge in [0.15, 0.2) is 5.82 Å². The summed E-state index contributed by atoms with van der Waals surface area (Å²) >= 11 is 0. The molecule has 0 fully saturated rings. The van der Waals surface area contributed by atoms with Crippen LogP contribution in [0.5, 0.6) is 0 Å². The Morgan fingerprint density at radius 2 is 1.73 bits per heavy atom. The largest absolute Gasteiger partial charge is 0.335 e. The van der Waals surface area contributed by atoms with Crippen molar-refractivity contribution in [3.05, 3.63) is 71.5 Å². The zero-order valence-electron chi connectivity index (χ0n) is 14.5. The third-order valence-corrected chi connectivity index (χ3v) is 4.62. The van der Waals surface area contributed by atoms with Crippen LogP contribution in [-0.4, -0.2) is 32.3 Å². The second kappa shape index (κ2) is 6.95. The van der Waals surface area contributed by atoms with E-state index in [-0.39, 0.29) is 18.1 Å². The molecule has 7 heteroatoms. The first kappa shape index (κ1) is 16.3. The lowest BCUT2D eigenvalue weighted by atomic mass is 10.1. The highest BCUT2D eigenvalue weighted by Gasteiger charge is 2.24. The quantitative estimate of drug-likeness (QED) is 0.757. The topological polar surface area (TPSA) is 84.7 Å². The first-order chi connectivity index (χ1) is 12.7. The lowest BCUT2D eigenvalue weighted by Crippen LogP contribution is -2.43. The molecule has 4 rings (SSSR count). The summed E-state index contributed by atoms with van der Waals surface area (Å²) in [5.41, 5.74) is 3.46. The molecule has 1 aliphatic rings. The van der Waals surface area contributed by atoms with Gasteiger partial charge in [0.2, 0.25) is 0 Å². The number of aromatic nitrogens is 4. The fourth-order valence-electron chi connectivity index (χ4n) is 3.37. The number of tetrazole rings is 1. The van der Waals surface area contributed by atoms with Crippen LogP contribution in [-0.2, 0) is 12.8 Å². The van der Waals surface area contributed by atoms with Gasteiger partial charge in [-0.1, -0.05) is 42.5 Å². The van der Waals surface area contributed by atoms with E-state index in [4.69, 9.17) is 0 Å². The Morgan fingerprint density at radius 3 is 2.42 bits per heavy atom. The van der Waals surface area contributed by atoms with Crippen LogP contribution >= 0.6 is 0 Å². The number of rotatable bonds is 4.